The van der Waals surface area contributed by atoms with Crippen molar-refractivity contribution < 1.29 is 9.72 Å². The van der Waals surface area contributed by atoms with Gasteiger partial charge in [-0.2, -0.15) is 5.10 Å². The molecule has 0 fully saturated rings. The number of hydrazone groups is 1. The van der Waals surface area contributed by atoms with E-state index < -0.39 is 10.8 Å². The highest BCUT2D eigenvalue weighted by atomic mass is 16.6. The first-order valence-corrected chi connectivity index (χ1v) is 6.78. The summed E-state index contributed by atoms with van der Waals surface area (Å²) in [4.78, 5) is 22.2. The van der Waals surface area contributed by atoms with Crippen molar-refractivity contribution in [3.63, 3.8) is 0 Å². The molecule has 0 aliphatic heterocycles. The molecule has 1 N–H and O–H groups in total. The summed E-state index contributed by atoms with van der Waals surface area (Å²) in [5.74, 6) is -0.481. The molecule has 112 valence electrons. The average molecular weight is 297 g/mol. The summed E-state index contributed by atoms with van der Waals surface area (Å²) in [5, 5.41) is 14.8. The molecule has 0 radical (unpaired) electrons. The standard InChI is InChI=1S/C16H15N3O3/c1-2-15(12-7-4-3-5-8-12)17-18-16(20)13-9-6-10-14(11-13)19(21)22/h3-11H,2H2,1H3,(H,18,20)/b17-15+. The first kappa shape index (κ1) is 15.4. The van der Waals surface area contributed by atoms with Crippen molar-refractivity contribution in [2.45, 2.75) is 13.3 Å². The SMILES string of the molecule is CC/C(=N\NC(=O)c1cccc([N+](=O)[O-])c1)c1ccccc1. The zero-order valence-electron chi connectivity index (χ0n) is 12.0. The molecule has 2 aromatic rings. The lowest BCUT2D eigenvalue weighted by molar-refractivity contribution is -0.384. The van der Waals surface area contributed by atoms with Gasteiger partial charge in [-0.05, 0) is 18.1 Å². The average Bonchev–Trinajstić information content (AvgIpc) is 2.56. The molecule has 0 aliphatic rings. The molecule has 2 aromatic carbocycles. The quantitative estimate of drug-likeness (QED) is 0.522. The fourth-order valence-electron chi connectivity index (χ4n) is 1.92. The van der Waals surface area contributed by atoms with Crippen LogP contribution in [0.15, 0.2) is 59.7 Å². The molecule has 0 unspecified atom stereocenters. The Morgan fingerprint density at radius 1 is 1.14 bits per heavy atom. The molecule has 22 heavy (non-hydrogen) atoms. The smallest absolute Gasteiger partial charge is 0.267 e. The van der Waals surface area contributed by atoms with Gasteiger partial charge in [-0.1, -0.05) is 43.3 Å². The zero-order chi connectivity index (χ0) is 15.9. The number of rotatable bonds is 5. The molecule has 2 rings (SSSR count). The highest BCUT2D eigenvalue weighted by Gasteiger charge is 2.11. The summed E-state index contributed by atoms with van der Waals surface area (Å²) in [6, 6.07) is 15.0. The highest BCUT2D eigenvalue weighted by Crippen LogP contribution is 2.13. The number of nitrogens with zero attached hydrogens (tertiary/aromatic N) is 2. The molecular formula is C16H15N3O3. The number of benzene rings is 2. The van der Waals surface area contributed by atoms with Gasteiger partial charge in [-0.15, -0.1) is 0 Å². The van der Waals surface area contributed by atoms with Crippen molar-refractivity contribution in [3.05, 3.63) is 75.8 Å². The fraction of sp³-hybridized carbons (Fsp3) is 0.125. The molecule has 0 atom stereocenters. The first-order valence-electron chi connectivity index (χ1n) is 6.78. The lowest BCUT2D eigenvalue weighted by Crippen LogP contribution is -2.20. The predicted octanol–water partition coefficient (Wildman–Crippen LogP) is 3.14. The molecule has 6 nitrogen and oxygen atoms in total. The second-order valence-corrected chi connectivity index (χ2v) is 4.53. The van der Waals surface area contributed by atoms with E-state index in [1.807, 2.05) is 37.3 Å². The molecule has 0 aromatic heterocycles. The van der Waals surface area contributed by atoms with E-state index in [0.29, 0.717) is 6.42 Å². The Kier molecular flexibility index (Phi) is 4.98. The van der Waals surface area contributed by atoms with E-state index >= 15 is 0 Å². The third-order valence-corrected chi connectivity index (χ3v) is 3.05. The van der Waals surface area contributed by atoms with Gasteiger partial charge in [0.15, 0.2) is 0 Å². The van der Waals surface area contributed by atoms with E-state index in [1.165, 1.54) is 24.3 Å². The number of hydrogen-bond donors (Lipinski definition) is 1. The molecule has 6 heteroatoms. The number of nitro benzene ring substituents is 1. The first-order chi connectivity index (χ1) is 10.6. The van der Waals surface area contributed by atoms with Gasteiger partial charge < -0.3 is 0 Å². The Morgan fingerprint density at radius 2 is 1.82 bits per heavy atom. The van der Waals surface area contributed by atoms with Gasteiger partial charge in [0.25, 0.3) is 11.6 Å². The van der Waals surface area contributed by atoms with Gasteiger partial charge >= 0.3 is 0 Å². The second kappa shape index (κ2) is 7.12. The number of nitro groups is 1. The molecule has 0 heterocycles. The van der Waals surface area contributed by atoms with Crippen molar-refractivity contribution in [1.82, 2.24) is 5.43 Å². The zero-order valence-corrected chi connectivity index (χ0v) is 12.0. The van der Waals surface area contributed by atoms with E-state index in [-0.39, 0.29) is 11.3 Å². The third kappa shape index (κ3) is 3.76. The minimum Gasteiger partial charge on any atom is -0.267 e. The summed E-state index contributed by atoms with van der Waals surface area (Å²) >= 11 is 0. The van der Waals surface area contributed by atoms with Crippen molar-refractivity contribution in [3.8, 4) is 0 Å². The molecule has 0 spiro atoms. The summed E-state index contributed by atoms with van der Waals surface area (Å²) in [5.41, 5.74) is 4.16. The van der Waals surface area contributed by atoms with Crippen molar-refractivity contribution in [2.75, 3.05) is 0 Å². The van der Waals surface area contributed by atoms with E-state index in [4.69, 9.17) is 0 Å². The highest BCUT2D eigenvalue weighted by molar-refractivity contribution is 6.02. The van der Waals surface area contributed by atoms with Crippen LogP contribution in [-0.2, 0) is 0 Å². The third-order valence-electron chi connectivity index (χ3n) is 3.05. The molecular weight excluding hydrogens is 282 g/mol. The maximum atomic E-state index is 12.0. The fourth-order valence-corrected chi connectivity index (χ4v) is 1.92. The van der Waals surface area contributed by atoms with Crippen LogP contribution in [0.2, 0.25) is 0 Å². The summed E-state index contributed by atoms with van der Waals surface area (Å²) in [7, 11) is 0. The van der Waals surface area contributed by atoms with E-state index in [9.17, 15) is 14.9 Å². The molecule has 0 aliphatic carbocycles. The number of non-ortho nitro benzene ring substituents is 1. The van der Waals surface area contributed by atoms with Gasteiger partial charge in [-0.3, -0.25) is 14.9 Å². The Morgan fingerprint density at radius 3 is 2.45 bits per heavy atom. The molecule has 0 saturated heterocycles. The molecule has 1 amide bonds. The lowest BCUT2D eigenvalue weighted by Gasteiger charge is -2.05. The van der Waals surface area contributed by atoms with E-state index in [2.05, 4.69) is 10.5 Å². The van der Waals surface area contributed by atoms with Crippen LogP contribution in [0.3, 0.4) is 0 Å². The van der Waals surface area contributed by atoms with Crippen molar-refractivity contribution in [1.29, 1.82) is 0 Å². The maximum absolute atomic E-state index is 12.0. The Bertz CT molecular complexity index is 712. The van der Waals surface area contributed by atoms with Crippen LogP contribution in [0, 0.1) is 10.1 Å². The minimum absolute atomic E-state index is 0.129. The minimum atomic E-state index is -0.540. The summed E-state index contributed by atoms with van der Waals surface area (Å²) in [6.07, 6.45) is 0.652. The van der Waals surface area contributed by atoms with Crippen molar-refractivity contribution in [2.24, 2.45) is 5.10 Å². The normalized spacial score (nSPS) is 11.0. The van der Waals surface area contributed by atoms with Crippen LogP contribution in [0.4, 0.5) is 5.69 Å². The monoisotopic (exact) mass is 297 g/mol. The van der Waals surface area contributed by atoms with Crippen LogP contribution in [0.5, 0.6) is 0 Å². The number of nitrogens with one attached hydrogen (secondary N) is 1. The van der Waals surface area contributed by atoms with E-state index in [1.54, 1.807) is 0 Å². The number of carbonyl (C=O) groups excluding carboxylic acids is 1. The van der Waals surface area contributed by atoms with E-state index in [0.717, 1.165) is 11.3 Å². The number of amides is 1. The Labute approximate surface area is 127 Å². The van der Waals surface area contributed by atoms with Crippen LogP contribution >= 0.6 is 0 Å². The summed E-state index contributed by atoms with van der Waals surface area (Å²) in [6.45, 7) is 1.94. The van der Waals surface area contributed by atoms with Crippen LogP contribution in [0.1, 0.15) is 29.3 Å². The Hall–Kier alpha value is -3.02. The summed E-state index contributed by atoms with van der Waals surface area (Å²) < 4.78 is 0. The molecule has 0 bridgehead atoms. The van der Waals surface area contributed by atoms with Crippen molar-refractivity contribution >= 4 is 17.3 Å². The van der Waals surface area contributed by atoms with Gasteiger partial charge in [0, 0.05) is 17.7 Å². The topological polar surface area (TPSA) is 84.6 Å². The largest absolute Gasteiger partial charge is 0.271 e. The Balaban J connectivity index is 2.16. The maximum Gasteiger partial charge on any atom is 0.271 e. The number of carbonyl (C=O) groups is 1. The van der Waals surface area contributed by atoms with Crippen LogP contribution in [-0.4, -0.2) is 16.5 Å². The van der Waals surface area contributed by atoms with Crippen LogP contribution in [0.25, 0.3) is 0 Å². The second-order valence-electron chi connectivity index (χ2n) is 4.53. The van der Waals surface area contributed by atoms with Gasteiger partial charge in [0.2, 0.25) is 0 Å². The van der Waals surface area contributed by atoms with Crippen LogP contribution < -0.4 is 5.43 Å². The molecule has 0 saturated carbocycles. The predicted molar refractivity (Wildman–Crippen MR) is 83.8 cm³/mol. The number of hydrogen-bond acceptors (Lipinski definition) is 4. The van der Waals surface area contributed by atoms with Gasteiger partial charge in [0.1, 0.15) is 0 Å². The van der Waals surface area contributed by atoms with Gasteiger partial charge in [-0.25, -0.2) is 5.43 Å². The van der Waals surface area contributed by atoms with Gasteiger partial charge in [0.05, 0.1) is 10.6 Å². The lowest BCUT2D eigenvalue weighted by atomic mass is 10.1.